The van der Waals surface area contributed by atoms with Crippen molar-refractivity contribution in [1.82, 2.24) is 10.3 Å². The molecule has 3 rings (SSSR count). The number of nitrogens with one attached hydrogen (secondary N) is 1. The van der Waals surface area contributed by atoms with Crippen LogP contribution in [-0.2, 0) is 6.54 Å². The number of hydrogen-bond acceptors (Lipinski definition) is 3. The number of pyridine rings is 1. The highest BCUT2D eigenvalue weighted by molar-refractivity contribution is 5.94. The Morgan fingerprint density at radius 2 is 2.05 bits per heavy atom. The lowest BCUT2D eigenvalue weighted by atomic mass is 10.1. The van der Waals surface area contributed by atoms with Crippen LogP contribution in [0.4, 0.5) is 5.82 Å². The monoisotopic (exact) mass is 281 g/mol. The molecule has 0 atom stereocenters. The molecule has 1 aliphatic rings. The summed E-state index contributed by atoms with van der Waals surface area (Å²) in [6.45, 7) is 7.78. The molecule has 0 amide bonds. The Bertz CT molecular complexity index is 659. The van der Waals surface area contributed by atoms with Gasteiger partial charge in [0.15, 0.2) is 0 Å². The molecular weight excluding hydrogens is 258 g/mol. The minimum absolute atomic E-state index is 0.717. The molecule has 2 aromatic rings. The summed E-state index contributed by atoms with van der Waals surface area (Å²) in [7, 11) is 2.07. The predicted molar refractivity (Wildman–Crippen MR) is 89.7 cm³/mol. The third-order valence-electron chi connectivity index (χ3n) is 3.88. The third-order valence-corrected chi connectivity index (χ3v) is 3.88. The Balaban J connectivity index is 1.94. The van der Waals surface area contributed by atoms with E-state index < -0.39 is 0 Å². The van der Waals surface area contributed by atoms with E-state index in [1.165, 1.54) is 29.2 Å². The minimum atomic E-state index is 0.717. The Morgan fingerprint density at radius 3 is 2.71 bits per heavy atom. The van der Waals surface area contributed by atoms with Crippen LogP contribution >= 0.6 is 0 Å². The summed E-state index contributed by atoms with van der Waals surface area (Å²) >= 11 is 0. The summed E-state index contributed by atoms with van der Waals surface area (Å²) in [4.78, 5) is 6.87. The van der Waals surface area contributed by atoms with Crippen molar-refractivity contribution in [3.8, 4) is 0 Å². The van der Waals surface area contributed by atoms with Gasteiger partial charge >= 0.3 is 0 Å². The Hall–Kier alpha value is -1.87. The fourth-order valence-corrected chi connectivity index (χ4v) is 2.70. The van der Waals surface area contributed by atoms with Crippen molar-refractivity contribution in [2.75, 3.05) is 18.5 Å². The first-order valence-electron chi connectivity index (χ1n) is 7.60. The molecule has 0 spiro atoms. The maximum absolute atomic E-state index is 4.70. The standard InChI is InChI=1S/C18H23N3/c1-13(2)12-21(3)18-17-7-5-4-6-16(17)14(11-20-18)10-19-15-8-9-15/h4-7,11,15,19H,1,8-10,12H2,2-3H3. The van der Waals surface area contributed by atoms with Crippen LogP contribution in [0.5, 0.6) is 0 Å². The summed E-state index contributed by atoms with van der Waals surface area (Å²) in [5.74, 6) is 1.03. The molecule has 0 aliphatic heterocycles. The van der Waals surface area contributed by atoms with Gasteiger partial charge in [0.2, 0.25) is 0 Å². The molecule has 0 radical (unpaired) electrons. The van der Waals surface area contributed by atoms with Gasteiger partial charge in [-0.25, -0.2) is 4.98 Å². The fourth-order valence-electron chi connectivity index (χ4n) is 2.70. The second kappa shape index (κ2) is 5.86. The first-order valence-corrected chi connectivity index (χ1v) is 7.60. The predicted octanol–water partition coefficient (Wildman–Crippen LogP) is 3.50. The summed E-state index contributed by atoms with van der Waals surface area (Å²) in [5.41, 5.74) is 2.42. The van der Waals surface area contributed by atoms with Crippen molar-refractivity contribution >= 4 is 16.6 Å². The molecular formula is C18H23N3. The van der Waals surface area contributed by atoms with Crippen LogP contribution in [0.2, 0.25) is 0 Å². The molecule has 0 saturated heterocycles. The molecule has 1 aromatic heterocycles. The number of anilines is 1. The lowest BCUT2D eigenvalue weighted by Crippen LogP contribution is -2.21. The Kier molecular flexibility index (Phi) is 3.93. The molecule has 110 valence electrons. The van der Waals surface area contributed by atoms with Crippen molar-refractivity contribution < 1.29 is 0 Å². The Labute approximate surface area is 126 Å². The SMILES string of the molecule is C=C(C)CN(C)c1ncc(CNC2CC2)c2ccccc12. The molecule has 1 aromatic carbocycles. The first kappa shape index (κ1) is 14.1. The average molecular weight is 281 g/mol. The maximum Gasteiger partial charge on any atom is 0.136 e. The van der Waals surface area contributed by atoms with E-state index in [1.54, 1.807) is 0 Å². The van der Waals surface area contributed by atoms with Crippen molar-refractivity contribution in [3.05, 3.63) is 48.2 Å². The summed E-state index contributed by atoms with van der Waals surface area (Å²) in [5, 5.41) is 6.09. The molecule has 1 aliphatic carbocycles. The highest BCUT2D eigenvalue weighted by Crippen LogP contribution is 2.27. The third kappa shape index (κ3) is 3.24. The molecule has 1 heterocycles. The van der Waals surface area contributed by atoms with Crippen LogP contribution in [0.3, 0.4) is 0 Å². The zero-order chi connectivity index (χ0) is 14.8. The van der Waals surface area contributed by atoms with Gasteiger partial charge in [-0.15, -0.1) is 0 Å². The van der Waals surface area contributed by atoms with Crippen molar-refractivity contribution in [1.29, 1.82) is 0 Å². The topological polar surface area (TPSA) is 28.2 Å². The molecule has 1 N–H and O–H groups in total. The first-order chi connectivity index (χ1) is 10.1. The number of benzene rings is 1. The molecule has 1 fully saturated rings. The largest absolute Gasteiger partial charge is 0.355 e. The molecule has 0 unspecified atom stereocenters. The van der Waals surface area contributed by atoms with E-state index in [9.17, 15) is 0 Å². The zero-order valence-corrected chi connectivity index (χ0v) is 12.9. The van der Waals surface area contributed by atoms with Crippen LogP contribution in [0.15, 0.2) is 42.6 Å². The van der Waals surface area contributed by atoms with Gasteiger partial charge in [-0.05, 0) is 30.7 Å². The van der Waals surface area contributed by atoms with E-state index in [1.807, 2.05) is 13.1 Å². The molecule has 1 saturated carbocycles. The highest BCUT2D eigenvalue weighted by atomic mass is 15.2. The number of aromatic nitrogens is 1. The zero-order valence-electron chi connectivity index (χ0n) is 12.9. The number of rotatable bonds is 6. The van der Waals surface area contributed by atoms with Crippen LogP contribution in [0, 0.1) is 0 Å². The van der Waals surface area contributed by atoms with Gasteiger partial charge in [0, 0.05) is 37.8 Å². The van der Waals surface area contributed by atoms with Gasteiger partial charge in [-0.1, -0.05) is 36.4 Å². The van der Waals surface area contributed by atoms with Gasteiger partial charge in [0.25, 0.3) is 0 Å². The molecule has 3 heteroatoms. The molecule has 0 bridgehead atoms. The van der Waals surface area contributed by atoms with Crippen LogP contribution in [-0.4, -0.2) is 24.6 Å². The fraction of sp³-hybridized carbons (Fsp3) is 0.389. The lowest BCUT2D eigenvalue weighted by Gasteiger charge is -2.21. The number of fused-ring (bicyclic) bond motifs is 1. The van der Waals surface area contributed by atoms with Gasteiger partial charge < -0.3 is 10.2 Å². The van der Waals surface area contributed by atoms with Gasteiger partial charge in [-0.3, -0.25) is 0 Å². The Morgan fingerprint density at radius 1 is 1.33 bits per heavy atom. The quantitative estimate of drug-likeness (QED) is 0.821. The molecule has 21 heavy (non-hydrogen) atoms. The normalized spacial score (nSPS) is 14.4. The number of likely N-dealkylation sites (N-methyl/N-ethyl adjacent to an activating group) is 1. The smallest absolute Gasteiger partial charge is 0.136 e. The van der Waals surface area contributed by atoms with Crippen molar-refractivity contribution in [2.45, 2.75) is 32.4 Å². The second-order valence-corrected chi connectivity index (χ2v) is 6.12. The van der Waals surface area contributed by atoms with Crippen LogP contribution < -0.4 is 10.2 Å². The van der Waals surface area contributed by atoms with Crippen molar-refractivity contribution in [2.24, 2.45) is 0 Å². The summed E-state index contributed by atoms with van der Waals surface area (Å²) < 4.78 is 0. The van der Waals surface area contributed by atoms with Crippen LogP contribution in [0.25, 0.3) is 10.8 Å². The second-order valence-electron chi connectivity index (χ2n) is 6.12. The minimum Gasteiger partial charge on any atom is -0.355 e. The van der Waals surface area contributed by atoms with E-state index in [-0.39, 0.29) is 0 Å². The van der Waals surface area contributed by atoms with Gasteiger partial charge in [-0.2, -0.15) is 0 Å². The van der Waals surface area contributed by atoms with Gasteiger partial charge in [0.1, 0.15) is 5.82 Å². The van der Waals surface area contributed by atoms with E-state index in [4.69, 9.17) is 4.98 Å². The van der Waals surface area contributed by atoms with E-state index >= 15 is 0 Å². The van der Waals surface area contributed by atoms with E-state index in [0.29, 0.717) is 0 Å². The highest BCUT2D eigenvalue weighted by Gasteiger charge is 2.20. The number of nitrogens with zero attached hydrogens (tertiary/aromatic N) is 2. The number of hydrogen-bond donors (Lipinski definition) is 1. The van der Waals surface area contributed by atoms with Crippen LogP contribution in [0.1, 0.15) is 25.3 Å². The summed E-state index contributed by atoms with van der Waals surface area (Å²) in [6.07, 6.45) is 4.64. The summed E-state index contributed by atoms with van der Waals surface area (Å²) in [6, 6.07) is 9.26. The van der Waals surface area contributed by atoms with Crippen molar-refractivity contribution in [3.63, 3.8) is 0 Å². The average Bonchev–Trinajstić information content (AvgIpc) is 3.28. The van der Waals surface area contributed by atoms with Gasteiger partial charge in [0.05, 0.1) is 0 Å². The maximum atomic E-state index is 4.70. The molecule has 3 nitrogen and oxygen atoms in total. The lowest BCUT2D eigenvalue weighted by molar-refractivity contribution is 0.689. The van der Waals surface area contributed by atoms with E-state index in [0.717, 1.165) is 30.5 Å². The van der Waals surface area contributed by atoms with E-state index in [2.05, 4.69) is 48.1 Å².